The van der Waals surface area contributed by atoms with Crippen LogP contribution in [0.2, 0.25) is 0 Å². The normalized spacial score (nSPS) is 13.5. The molecule has 0 aliphatic carbocycles. The third-order valence-corrected chi connectivity index (χ3v) is 5.44. The molecule has 9 heteroatoms. The van der Waals surface area contributed by atoms with Crippen molar-refractivity contribution in [1.82, 2.24) is 5.43 Å². The standard InChI is InChI=1S/C26H22N2O7/c1-2-32-23-9-16(12-27-28-25(29)17-4-5-19-13-31-14-20(19)10-17)3-7-22(23)35-26(30)18-6-8-21-24(11-18)34-15-33-21/h3-12H,2,13-15H2,1H3,(H,28,29). The molecular weight excluding hydrogens is 452 g/mol. The second-order valence-electron chi connectivity index (χ2n) is 7.77. The SMILES string of the molecule is CCOc1cc(C=NNC(=O)c2ccc3c(c2)COC3)ccc1OC(=O)c1ccc2c(c1)OCO2. The molecule has 0 fully saturated rings. The van der Waals surface area contributed by atoms with Crippen molar-refractivity contribution in [3.05, 3.63) is 82.4 Å². The minimum Gasteiger partial charge on any atom is -0.490 e. The van der Waals surface area contributed by atoms with E-state index in [1.807, 2.05) is 19.1 Å². The molecule has 2 aliphatic rings. The Morgan fingerprint density at radius 3 is 2.66 bits per heavy atom. The van der Waals surface area contributed by atoms with Crippen molar-refractivity contribution in [3.8, 4) is 23.0 Å². The van der Waals surface area contributed by atoms with E-state index in [-0.39, 0.29) is 18.4 Å². The number of carbonyl (C=O) groups is 2. The molecule has 2 aliphatic heterocycles. The van der Waals surface area contributed by atoms with Crippen LogP contribution in [-0.2, 0) is 18.0 Å². The predicted molar refractivity (Wildman–Crippen MR) is 125 cm³/mol. The van der Waals surface area contributed by atoms with Crippen LogP contribution >= 0.6 is 0 Å². The summed E-state index contributed by atoms with van der Waals surface area (Å²) in [5.41, 5.74) is 6.10. The molecule has 3 aromatic rings. The van der Waals surface area contributed by atoms with Gasteiger partial charge in [-0.3, -0.25) is 4.79 Å². The van der Waals surface area contributed by atoms with Gasteiger partial charge in [0, 0.05) is 5.56 Å². The molecule has 3 aromatic carbocycles. The lowest BCUT2D eigenvalue weighted by Crippen LogP contribution is -2.17. The summed E-state index contributed by atoms with van der Waals surface area (Å²) in [6.07, 6.45) is 1.49. The Labute approximate surface area is 201 Å². The van der Waals surface area contributed by atoms with Gasteiger partial charge in [-0.15, -0.1) is 0 Å². The molecule has 178 valence electrons. The second-order valence-corrected chi connectivity index (χ2v) is 7.77. The van der Waals surface area contributed by atoms with Gasteiger partial charge in [-0.1, -0.05) is 6.07 Å². The van der Waals surface area contributed by atoms with Crippen molar-refractivity contribution >= 4 is 18.1 Å². The molecule has 0 radical (unpaired) electrons. The molecule has 0 atom stereocenters. The molecule has 5 rings (SSSR count). The Morgan fingerprint density at radius 2 is 1.77 bits per heavy atom. The zero-order chi connectivity index (χ0) is 24.2. The quantitative estimate of drug-likeness (QED) is 0.240. The minimum absolute atomic E-state index is 0.119. The van der Waals surface area contributed by atoms with E-state index in [0.717, 1.165) is 11.1 Å². The summed E-state index contributed by atoms with van der Waals surface area (Å²) in [7, 11) is 0. The summed E-state index contributed by atoms with van der Waals surface area (Å²) in [6.45, 7) is 3.39. The lowest BCUT2D eigenvalue weighted by atomic mass is 10.1. The molecule has 9 nitrogen and oxygen atoms in total. The van der Waals surface area contributed by atoms with E-state index in [1.54, 1.807) is 42.5 Å². The number of esters is 1. The van der Waals surface area contributed by atoms with Crippen molar-refractivity contribution in [1.29, 1.82) is 0 Å². The van der Waals surface area contributed by atoms with Crippen molar-refractivity contribution in [3.63, 3.8) is 0 Å². The van der Waals surface area contributed by atoms with Crippen LogP contribution in [0.5, 0.6) is 23.0 Å². The first-order valence-electron chi connectivity index (χ1n) is 11.0. The number of carbonyl (C=O) groups excluding carboxylic acids is 2. The molecular formula is C26H22N2O7. The summed E-state index contributed by atoms with van der Waals surface area (Å²) in [5.74, 6) is 0.822. The largest absolute Gasteiger partial charge is 0.490 e. The molecule has 2 heterocycles. The molecule has 0 saturated carbocycles. The van der Waals surface area contributed by atoms with Crippen LogP contribution in [0.4, 0.5) is 0 Å². The van der Waals surface area contributed by atoms with Gasteiger partial charge in [-0.25, -0.2) is 10.2 Å². The average Bonchev–Trinajstić information content (AvgIpc) is 3.54. The maximum Gasteiger partial charge on any atom is 0.343 e. The van der Waals surface area contributed by atoms with Crippen LogP contribution in [0.3, 0.4) is 0 Å². The molecule has 0 aromatic heterocycles. The second kappa shape index (κ2) is 9.86. The maximum atomic E-state index is 12.7. The van der Waals surface area contributed by atoms with Crippen LogP contribution in [0.15, 0.2) is 59.7 Å². The van der Waals surface area contributed by atoms with Gasteiger partial charge in [-0.05, 0) is 72.1 Å². The molecule has 35 heavy (non-hydrogen) atoms. The Bertz CT molecular complexity index is 1320. The van der Waals surface area contributed by atoms with Gasteiger partial charge >= 0.3 is 5.97 Å². The van der Waals surface area contributed by atoms with Gasteiger partial charge < -0.3 is 23.7 Å². The highest BCUT2D eigenvalue weighted by Crippen LogP contribution is 2.34. The number of rotatable bonds is 7. The van der Waals surface area contributed by atoms with E-state index in [9.17, 15) is 9.59 Å². The predicted octanol–water partition coefficient (Wildman–Crippen LogP) is 3.83. The molecule has 0 saturated heterocycles. The van der Waals surface area contributed by atoms with Crippen molar-refractivity contribution in [2.24, 2.45) is 5.10 Å². The first-order valence-corrected chi connectivity index (χ1v) is 11.0. The Morgan fingerprint density at radius 1 is 0.943 bits per heavy atom. The van der Waals surface area contributed by atoms with E-state index < -0.39 is 5.97 Å². The molecule has 1 N–H and O–H groups in total. The number of benzene rings is 3. The van der Waals surface area contributed by atoms with Gasteiger partial charge in [0.2, 0.25) is 6.79 Å². The van der Waals surface area contributed by atoms with E-state index in [1.165, 1.54) is 6.21 Å². The maximum absolute atomic E-state index is 12.7. The monoisotopic (exact) mass is 474 g/mol. The van der Waals surface area contributed by atoms with Crippen LogP contribution in [0, 0.1) is 0 Å². The third kappa shape index (κ3) is 4.95. The Balaban J connectivity index is 1.26. The van der Waals surface area contributed by atoms with Gasteiger partial charge in [0.05, 0.1) is 31.6 Å². The molecule has 0 unspecified atom stereocenters. The highest BCUT2D eigenvalue weighted by molar-refractivity contribution is 5.95. The van der Waals surface area contributed by atoms with Gasteiger partial charge in [0.25, 0.3) is 5.91 Å². The number of nitrogens with zero attached hydrogens (tertiary/aromatic N) is 1. The van der Waals surface area contributed by atoms with Crippen molar-refractivity contribution < 1.29 is 33.3 Å². The van der Waals surface area contributed by atoms with Gasteiger partial charge in [0.15, 0.2) is 23.0 Å². The number of fused-ring (bicyclic) bond motifs is 2. The van der Waals surface area contributed by atoms with E-state index in [2.05, 4.69) is 10.5 Å². The first-order chi connectivity index (χ1) is 17.1. The fourth-order valence-corrected chi connectivity index (χ4v) is 3.68. The lowest BCUT2D eigenvalue weighted by molar-refractivity contribution is 0.0727. The first kappa shape index (κ1) is 22.4. The third-order valence-electron chi connectivity index (χ3n) is 5.44. The van der Waals surface area contributed by atoms with E-state index in [0.29, 0.717) is 53.8 Å². The van der Waals surface area contributed by atoms with Gasteiger partial charge in [-0.2, -0.15) is 5.10 Å². The summed E-state index contributed by atoms with van der Waals surface area (Å²) in [6, 6.07) is 15.3. The van der Waals surface area contributed by atoms with Crippen LogP contribution in [0.25, 0.3) is 0 Å². The lowest BCUT2D eigenvalue weighted by Gasteiger charge is -2.11. The number of ether oxygens (including phenoxy) is 5. The highest BCUT2D eigenvalue weighted by Gasteiger charge is 2.19. The average molecular weight is 474 g/mol. The van der Waals surface area contributed by atoms with Crippen molar-refractivity contribution in [2.75, 3.05) is 13.4 Å². The fourth-order valence-electron chi connectivity index (χ4n) is 3.68. The molecule has 0 spiro atoms. The summed E-state index contributed by atoms with van der Waals surface area (Å²) >= 11 is 0. The number of hydrazone groups is 1. The highest BCUT2D eigenvalue weighted by atomic mass is 16.7. The number of hydrogen-bond acceptors (Lipinski definition) is 8. The summed E-state index contributed by atoms with van der Waals surface area (Å²) in [5, 5.41) is 4.04. The minimum atomic E-state index is -0.558. The summed E-state index contributed by atoms with van der Waals surface area (Å²) in [4.78, 5) is 25.1. The zero-order valence-corrected chi connectivity index (χ0v) is 18.9. The Hall–Kier alpha value is -4.37. The number of amides is 1. The molecule has 0 bridgehead atoms. The topological polar surface area (TPSA) is 105 Å². The van der Waals surface area contributed by atoms with Crippen LogP contribution < -0.4 is 24.4 Å². The van der Waals surface area contributed by atoms with Gasteiger partial charge in [0.1, 0.15) is 0 Å². The smallest absolute Gasteiger partial charge is 0.343 e. The van der Waals surface area contributed by atoms with Crippen molar-refractivity contribution in [2.45, 2.75) is 20.1 Å². The van der Waals surface area contributed by atoms with Crippen LogP contribution in [0.1, 0.15) is 44.3 Å². The summed E-state index contributed by atoms with van der Waals surface area (Å²) < 4.78 is 27.2. The number of hydrogen-bond donors (Lipinski definition) is 1. The molecule has 1 amide bonds. The van der Waals surface area contributed by atoms with Crippen LogP contribution in [-0.4, -0.2) is 31.5 Å². The number of nitrogens with one attached hydrogen (secondary N) is 1. The Kier molecular flexibility index (Phi) is 6.32. The fraction of sp³-hybridized carbons (Fsp3) is 0.192. The van der Waals surface area contributed by atoms with E-state index in [4.69, 9.17) is 23.7 Å². The van der Waals surface area contributed by atoms with E-state index >= 15 is 0 Å². The zero-order valence-electron chi connectivity index (χ0n) is 18.9.